The molecule has 0 aliphatic heterocycles. The molecule has 0 heterocycles. The van der Waals surface area contributed by atoms with E-state index in [0.717, 1.165) is 0 Å². The normalized spacial score (nSPS) is 13.8. The lowest BCUT2D eigenvalue weighted by molar-refractivity contribution is -0.141. The number of benzene rings is 1. The van der Waals surface area contributed by atoms with Crippen molar-refractivity contribution in [3.63, 3.8) is 0 Å². The van der Waals surface area contributed by atoms with Gasteiger partial charge in [-0.15, -0.1) is 0 Å². The number of ether oxygens (including phenoxy) is 1. The van der Waals surface area contributed by atoms with Crippen molar-refractivity contribution in [3.8, 4) is 5.75 Å². The Kier molecular flexibility index (Phi) is 5.40. The highest BCUT2D eigenvalue weighted by Crippen LogP contribution is 2.28. The van der Waals surface area contributed by atoms with Crippen molar-refractivity contribution in [2.24, 2.45) is 5.41 Å². The van der Waals surface area contributed by atoms with Gasteiger partial charge in [0.2, 0.25) is 10.0 Å². The summed E-state index contributed by atoms with van der Waals surface area (Å²) in [6.07, 6.45) is 0. The zero-order valence-electron chi connectivity index (χ0n) is 12.2. The zero-order chi connectivity index (χ0) is 16.4. The number of rotatable bonds is 5. The molecule has 0 unspecified atom stereocenters. The minimum absolute atomic E-state index is 0.0364. The largest absolute Gasteiger partial charge is 0.496 e. The first kappa shape index (κ1) is 17.9. The van der Waals surface area contributed by atoms with E-state index in [4.69, 9.17) is 4.74 Å². The van der Waals surface area contributed by atoms with Crippen LogP contribution in [0.15, 0.2) is 27.6 Å². The van der Waals surface area contributed by atoms with Crippen LogP contribution in [0.4, 0.5) is 0 Å². The van der Waals surface area contributed by atoms with Crippen molar-refractivity contribution in [2.75, 3.05) is 7.11 Å². The summed E-state index contributed by atoms with van der Waals surface area (Å²) >= 11 is 3.20. The summed E-state index contributed by atoms with van der Waals surface area (Å²) in [5.74, 6) is -0.738. The van der Waals surface area contributed by atoms with Gasteiger partial charge in [0.05, 0.1) is 16.5 Å². The van der Waals surface area contributed by atoms with E-state index in [-0.39, 0.29) is 4.90 Å². The SMILES string of the molecule is COc1ccc(S(=O)(=O)N[C@H](C(=O)O)C(C)(C)C)cc1Br. The van der Waals surface area contributed by atoms with Crippen LogP contribution in [0.25, 0.3) is 0 Å². The molecule has 0 saturated carbocycles. The van der Waals surface area contributed by atoms with Crippen LogP contribution in [0.1, 0.15) is 20.8 Å². The lowest BCUT2D eigenvalue weighted by Gasteiger charge is -2.27. The minimum Gasteiger partial charge on any atom is -0.496 e. The first-order chi connectivity index (χ1) is 9.49. The molecular weight excluding hydrogens is 362 g/mol. The molecule has 21 heavy (non-hydrogen) atoms. The second-order valence-corrected chi connectivity index (χ2v) is 8.12. The van der Waals surface area contributed by atoms with Gasteiger partial charge in [0.25, 0.3) is 0 Å². The lowest BCUT2D eigenvalue weighted by Crippen LogP contribution is -2.48. The van der Waals surface area contributed by atoms with Crippen molar-refractivity contribution in [3.05, 3.63) is 22.7 Å². The average Bonchev–Trinajstić information content (AvgIpc) is 2.34. The monoisotopic (exact) mass is 379 g/mol. The third kappa shape index (κ3) is 4.42. The van der Waals surface area contributed by atoms with E-state index >= 15 is 0 Å². The minimum atomic E-state index is -3.95. The molecule has 1 aromatic carbocycles. The van der Waals surface area contributed by atoms with Gasteiger partial charge in [0, 0.05) is 0 Å². The molecule has 1 atom stereocenters. The Morgan fingerprint density at radius 1 is 1.38 bits per heavy atom. The summed E-state index contributed by atoms with van der Waals surface area (Å²) in [6.45, 7) is 4.95. The molecule has 1 aromatic rings. The number of nitrogens with one attached hydrogen (secondary N) is 1. The maximum atomic E-state index is 12.3. The van der Waals surface area contributed by atoms with Crippen LogP contribution < -0.4 is 9.46 Å². The van der Waals surface area contributed by atoms with Crippen molar-refractivity contribution in [2.45, 2.75) is 31.7 Å². The Hall–Kier alpha value is -1.12. The van der Waals surface area contributed by atoms with Gasteiger partial charge < -0.3 is 9.84 Å². The fourth-order valence-corrected chi connectivity index (χ4v) is 3.75. The van der Waals surface area contributed by atoms with Crippen LogP contribution in [0, 0.1) is 5.41 Å². The summed E-state index contributed by atoms with van der Waals surface area (Å²) in [6, 6.07) is 2.98. The van der Waals surface area contributed by atoms with E-state index in [2.05, 4.69) is 20.7 Å². The average molecular weight is 380 g/mol. The third-order valence-electron chi connectivity index (χ3n) is 2.82. The molecule has 6 nitrogen and oxygen atoms in total. The quantitative estimate of drug-likeness (QED) is 0.817. The van der Waals surface area contributed by atoms with Crippen LogP contribution >= 0.6 is 15.9 Å². The maximum absolute atomic E-state index is 12.3. The van der Waals surface area contributed by atoms with Gasteiger partial charge in [-0.05, 0) is 39.5 Å². The molecule has 1 rings (SSSR count). The maximum Gasteiger partial charge on any atom is 0.322 e. The van der Waals surface area contributed by atoms with E-state index < -0.39 is 27.4 Å². The number of carboxylic acids is 1. The van der Waals surface area contributed by atoms with E-state index in [0.29, 0.717) is 10.2 Å². The fourth-order valence-electron chi connectivity index (χ4n) is 1.64. The van der Waals surface area contributed by atoms with Gasteiger partial charge in [-0.3, -0.25) is 4.79 Å². The van der Waals surface area contributed by atoms with Crippen molar-refractivity contribution >= 4 is 31.9 Å². The highest BCUT2D eigenvalue weighted by atomic mass is 79.9. The molecule has 8 heteroatoms. The van der Waals surface area contributed by atoms with Crippen molar-refractivity contribution < 1.29 is 23.1 Å². The molecular formula is C13H18BrNO5S. The Morgan fingerprint density at radius 2 is 1.95 bits per heavy atom. The Bertz CT molecular complexity index is 636. The highest BCUT2D eigenvalue weighted by molar-refractivity contribution is 9.10. The van der Waals surface area contributed by atoms with Gasteiger partial charge in [-0.1, -0.05) is 20.8 Å². The standard InChI is InChI=1S/C13H18BrNO5S/c1-13(2,3)11(12(16)17)15-21(18,19)8-5-6-10(20-4)9(14)7-8/h5-7,11,15H,1-4H3,(H,16,17)/t11-/m1/s1. The number of hydrogen-bond acceptors (Lipinski definition) is 4. The second kappa shape index (κ2) is 6.33. The number of carboxylic acid groups (broad SMARTS) is 1. The van der Waals surface area contributed by atoms with Gasteiger partial charge in [0.15, 0.2) is 0 Å². The highest BCUT2D eigenvalue weighted by Gasteiger charge is 2.35. The van der Waals surface area contributed by atoms with Crippen LogP contribution in [0.5, 0.6) is 5.75 Å². The summed E-state index contributed by atoms with van der Waals surface area (Å²) in [7, 11) is -2.49. The molecule has 0 fully saturated rings. The summed E-state index contributed by atoms with van der Waals surface area (Å²) in [4.78, 5) is 11.2. The van der Waals surface area contributed by atoms with Gasteiger partial charge in [0.1, 0.15) is 11.8 Å². The molecule has 0 aliphatic rings. The van der Waals surface area contributed by atoms with Crippen LogP contribution in [-0.4, -0.2) is 32.6 Å². The number of sulfonamides is 1. The van der Waals surface area contributed by atoms with Crippen molar-refractivity contribution in [1.29, 1.82) is 0 Å². The predicted molar refractivity (Wildman–Crippen MR) is 81.9 cm³/mol. The molecule has 0 amide bonds. The topological polar surface area (TPSA) is 92.7 Å². The Labute approximate surface area is 132 Å². The first-order valence-corrected chi connectivity index (χ1v) is 8.35. The van der Waals surface area contributed by atoms with E-state index in [9.17, 15) is 18.3 Å². The molecule has 0 bridgehead atoms. The molecule has 0 saturated heterocycles. The number of hydrogen-bond donors (Lipinski definition) is 2. The number of aliphatic carboxylic acids is 1. The van der Waals surface area contributed by atoms with Crippen molar-refractivity contribution in [1.82, 2.24) is 4.72 Å². The molecule has 0 radical (unpaired) electrons. The molecule has 118 valence electrons. The summed E-state index contributed by atoms with van der Waals surface area (Å²) < 4.78 is 32.3. The van der Waals surface area contributed by atoms with Crippen LogP contribution in [0.2, 0.25) is 0 Å². The van der Waals surface area contributed by atoms with E-state index in [1.54, 1.807) is 20.8 Å². The smallest absolute Gasteiger partial charge is 0.322 e. The number of halogens is 1. The predicted octanol–water partition coefficient (Wildman–Crippen LogP) is 2.24. The fraction of sp³-hybridized carbons (Fsp3) is 0.462. The molecule has 0 spiro atoms. The summed E-state index contributed by atoms with van der Waals surface area (Å²) in [5.41, 5.74) is -0.761. The Morgan fingerprint density at radius 3 is 2.33 bits per heavy atom. The van der Waals surface area contributed by atoms with Gasteiger partial charge in [-0.2, -0.15) is 4.72 Å². The third-order valence-corrected chi connectivity index (χ3v) is 4.86. The zero-order valence-corrected chi connectivity index (χ0v) is 14.6. The molecule has 2 N–H and O–H groups in total. The first-order valence-electron chi connectivity index (χ1n) is 6.07. The summed E-state index contributed by atoms with van der Waals surface area (Å²) in [5, 5.41) is 9.20. The van der Waals surface area contributed by atoms with E-state index in [1.807, 2.05) is 0 Å². The van der Waals surface area contributed by atoms with Gasteiger partial charge in [-0.25, -0.2) is 8.42 Å². The molecule has 0 aliphatic carbocycles. The Balaban J connectivity index is 3.17. The van der Waals surface area contributed by atoms with Crippen LogP contribution in [0.3, 0.4) is 0 Å². The lowest BCUT2D eigenvalue weighted by atomic mass is 9.88. The number of carbonyl (C=O) groups is 1. The second-order valence-electron chi connectivity index (χ2n) is 5.55. The number of methoxy groups -OCH3 is 1. The van der Waals surface area contributed by atoms with Gasteiger partial charge >= 0.3 is 5.97 Å². The van der Waals surface area contributed by atoms with Crippen LogP contribution in [-0.2, 0) is 14.8 Å². The van der Waals surface area contributed by atoms with E-state index in [1.165, 1.54) is 25.3 Å². The molecule has 0 aromatic heterocycles.